The van der Waals surface area contributed by atoms with Crippen LogP contribution in [0.15, 0.2) is 34.9 Å². The van der Waals surface area contributed by atoms with Crippen LogP contribution in [0.25, 0.3) is 11.0 Å². The molecule has 1 saturated carbocycles. The zero-order chi connectivity index (χ0) is 12.6. The van der Waals surface area contributed by atoms with Gasteiger partial charge in [-0.25, -0.2) is 0 Å². The molecule has 96 valence electrons. The first-order valence-electron chi connectivity index (χ1n) is 6.55. The second kappa shape index (κ2) is 4.41. The standard InChI is InChI=1S/C15H19NO2/c1-16-14(15(10-17)7-4-8-15)12-9-18-13-6-3-2-5-11(12)13/h2-3,5-6,9,14,16-17H,4,7-8,10H2,1H3. The van der Waals surface area contributed by atoms with Crippen molar-refractivity contribution in [3.05, 3.63) is 36.1 Å². The summed E-state index contributed by atoms with van der Waals surface area (Å²) in [4.78, 5) is 0. The van der Waals surface area contributed by atoms with Gasteiger partial charge in [0.2, 0.25) is 0 Å². The fourth-order valence-electron chi connectivity index (χ4n) is 3.18. The first-order valence-corrected chi connectivity index (χ1v) is 6.55. The fourth-order valence-corrected chi connectivity index (χ4v) is 3.18. The van der Waals surface area contributed by atoms with Crippen molar-refractivity contribution in [3.63, 3.8) is 0 Å². The highest BCUT2D eigenvalue weighted by Crippen LogP contribution is 2.51. The van der Waals surface area contributed by atoms with Crippen LogP contribution in [0, 0.1) is 5.41 Å². The van der Waals surface area contributed by atoms with Gasteiger partial charge in [0.05, 0.1) is 12.9 Å². The molecule has 3 heteroatoms. The highest BCUT2D eigenvalue weighted by atomic mass is 16.3. The van der Waals surface area contributed by atoms with Crippen LogP contribution in [0.2, 0.25) is 0 Å². The summed E-state index contributed by atoms with van der Waals surface area (Å²) in [6.45, 7) is 0.234. The van der Waals surface area contributed by atoms with E-state index >= 15 is 0 Å². The number of rotatable bonds is 4. The van der Waals surface area contributed by atoms with Crippen LogP contribution in [-0.2, 0) is 0 Å². The summed E-state index contributed by atoms with van der Waals surface area (Å²) in [6.07, 6.45) is 5.19. The Kier molecular flexibility index (Phi) is 2.88. The summed E-state index contributed by atoms with van der Waals surface area (Å²) < 4.78 is 5.62. The highest BCUT2D eigenvalue weighted by molar-refractivity contribution is 5.81. The van der Waals surface area contributed by atoms with Crippen molar-refractivity contribution in [2.24, 2.45) is 5.41 Å². The average molecular weight is 245 g/mol. The number of para-hydroxylation sites is 1. The highest BCUT2D eigenvalue weighted by Gasteiger charge is 2.44. The van der Waals surface area contributed by atoms with E-state index in [0.29, 0.717) is 0 Å². The molecule has 1 aromatic carbocycles. The summed E-state index contributed by atoms with van der Waals surface area (Å²) in [7, 11) is 1.96. The van der Waals surface area contributed by atoms with Gasteiger partial charge >= 0.3 is 0 Å². The number of hydrogen-bond acceptors (Lipinski definition) is 3. The van der Waals surface area contributed by atoms with Gasteiger partial charge in [-0.15, -0.1) is 0 Å². The molecule has 3 nitrogen and oxygen atoms in total. The van der Waals surface area contributed by atoms with E-state index in [4.69, 9.17) is 4.42 Å². The molecule has 0 amide bonds. The summed E-state index contributed by atoms with van der Waals surface area (Å²) >= 11 is 0. The third kappa shape index (κ3) is 1.58. The van der Waals surface area contributed by atoms with Gasteiger partial charge in [-0.2, -0.15) is 0 Å². The Bertz CT molecular complexity index is 537. The summed E-state index contributed by atoms with van der Waals surface area (Å²) in [5.74, 6) is 0. The summed E-state index contributed by atoms with van der Waals surface area (Å²) in [6, 6.07) is 8.25. The Labute approximate surface area is 107 Å². The molecule has 2 N–H and O–H groups in total. The minimum absolute atomic E-state index is 0.0125. The maximum absolute atomic E-state index is 9.74. The largest absolute Gasteiger partial charge is 0.464 e. The van der Waals surface area contributed by atoms with Gasteiger partial charge in [0.1, 0.15) is 5.58 Å². The molecule has 2 aromatic rings. The predicted octanol–water partition coefficient (Wildman–Crippen LogP) is 2.86. The molecule has 1 atom stereocenters. The van der Waals surface area contributed by atoms with Crippen LogP contribution in [0.1, 0.15) is 30.9 Å². The maximum atomic E-state index is 9.74. The van der Waals surface area contributed by atoms with Crippen molar-refractivity contribution >= 4 is 11.0 Å². The van der Waals surface area contributed by atoms with Crippen molar-refractivity contribution in [3.8, 4) is 0 Å². The topological polar surface area (TPSA) is 45.4 Å². The van der Waals surface area contributed by atoms with E-state index in [0.717, 1.165) is 23.8 Å². The maximum Gasteiger partial charge on any atom is 0.134 e. The zero-order valence-electron chi connectivity index (χ0n) is 10.6. The molecule has 3 rings (SSSR count). The first kappa shape index (κ1) is 11.8. The molecule has 1 fully saturated rings. The number of benzene rings is 1. The molecule has 18 heavy (non-hydrogen) atoms. The summed E-state index contributed by atoms with van der Waals surface area (Å²) in [5.41, 5.74) is 2.07. The van der Waals surface area contributed by atoms with Crippen LogP contribution in [-0.4, -0.2) is 18.8 Å². The van der Waals surface area contributed by atoms with Crippen molar-refractivity contribution < 1.29 is 9.52 Å². The van der Waals surface area contributed by atoms with Crippen LogP contribution in [0.3, 0.4) is 0 Å². The van der Waals surface area contributed by atoms with Gasteiger partial charge < -0.3 is 14.8 Å². The van der Waals surface area contributed by atoms with E-state index in [1.165, 1.54) is 12.0 Å². The van der Waals surface area contributed by atoms with Crippen molar-refractivity contribution in [2.75, 3.05) is 13.7 Å². The lowest BCUT2D eigenvalue weighted by Gasteiger charge is -2.46. The minimum atomic E-state index is -0.0125. The number of hydrogen-bond donors (Lipinski definition) is 2. The number of fused-ring (bicyclic) bond motifs is 1. The molecule has 1 aromatic heterocycles. The zero-order valence-corrected chi connectivity index (χ0v) is 10.6. The normalized spacial score (nSPS) is 19.7. The number of nitrogens with one attached hydrogen (secondary N) is 1. The monoisotopic (exact) mass is 245 g/mol. The molecular formula is C15H19NO2. The second-order valence-corrected chi connectivity index (χ2v) is 5.28. The van der Waals surface area contributed by atoms with Gasteiger partial charge in [-0.1, -0.05) is 24.6 Å². The lowest BCUT2D eigenvalue weighted by atomic mass is 9.63. The van der Waals surface area contributed by atoms with Gasteiger partial charge in [0, 0.05) is 22.4 Å². The molecule has 0 bridgehead atoms. The van der Waals surface area contributed by atoms with Crippen molar-refractivity contribution in [2.45, 2.75) is 25.3 Å². The van der Waals surface area contributed by atoms with Crippen LogP contribution in [0.4, 0.5) is 0 Å². The van der Waals surface area contributed by atoms with Crippen LogP contribution < -0.4 is 5.32 Å². The van der Waals surface area contributed by atoms with Crippen LogP contribution in [0.5, 0.6) is 0 Å². The van der Waals surface area contributed by atoms with Gasteiger partial charge in [-0.05, 0) is 26.0 Å². The number of furan rings is 1. The molecule has 0 saturated heterocycles. The van der Waals surface area contributed by atoms with E-state index in [1.54, 1.807) is 0 Å². The molecule has 1 aliphatic rings. The van der Waals surface area contributed by atoms with E-state index < -0.39 is 0 Å². The third-order valence-corrected chi connectivity index (χ3v) is 4.39. The molecular weight excluding hydrogens is 226 g/mol. The lowest BCUT2D eigenvalue weighted by molar-refractivity contribution is 0.00805. The van der Waals surface area contributed by atoms with Gasteiger partial charge in [-0.3, -0.25) is 0 Å². The number of aliphatic hydroxyl groups excluding tert-OH is 1. The smallest absolute Gasteiger partial charge is 0.134 e. The molecule has 0 radical (unpaired) electrons. The molecule has 0 aliphatic heterocycles. The predicted molar refractivity (Wildman–Crippen MR) is 71.4 cm³/mol. The van der Waals surface area contributed by atoms with E-state index in [-0.39, 0.29) is 18.1 Å². The Morgan fingerprint density at radius 2 is 2.17 bits per heavy atom. The quantitative estimate of drug-likeness (QED) is 0.870. The van der Waals surface area contributed by atoms with Crippen molar-refractivity contribution in [1.82, 2.24) is 5.32 Å². The molecule has 1 aliphatic carbocycles. The minimum Gasteiger partial charge on any atom is -0.464 e. The Hall–Kier alpha value is -1.32. The molecule has 1 heterocycles. The fraction of sp³-hybridized carbons (Fsp3) is 0.467. The first-order chi connectivity index (χ1) is 8.80. The van der Waals surface area contributed by atoms with E-state index in [1.807, 2.05) is 31.5 Å². The van der Waals surface area contributed by atoms with Crippen LogP contribution >= 0.6 is 0 Å². The van der Waals surface area contributed by atoms with Gasteiger partial charge in [0.25, 0.3) is 0 Å². The SMILES string of the molecule is CNC(c1coc2ccccc12)C1(CO)CCC1. The Balaban J connectivity index is 2.06. The lowest BCUT2D eigenvalue weighted by Crippen LogP contribution is -2.44. The van der Waals surface area contributed by atoms with E-state index in [9.17, 15) is 5.11 Å². The van der Waals surface area contributed by atoms with Crippen molar-refractivity contribution in [1.29, 1.82) is 0 Å². The number of aliphatic hydroxyl groups is 1. The second-order valence-electron chi connectivity index (χ2n) is 5.28. The van der Waals surface area contributed by atoms with E-state index in [2.05, 4.69) is 11.4 Å². The third-order valence-electron chi connectivity index (χ3n) is 4.39. The molecule has 1 unspecified atom stereocenters. The van der Waals surface area contributed by atoms with Gasteiger partial charge in [0.15, 0.2) is 0 Å². The Morgan fingerprint density at radius 1 is 1.39 bits per heavy atom. The summed E-state index contributed by atoms with van der Waals surface area (Å²) in [5, 5.41) is 14.3. The molecule has 0 spiro atoms. The Morgan fingerprint density at radius 3 is 2.78 bits per heavy atom. The average Bonchev–Trinajstić information content (AvgIpc) is 2.77.